The molecule has 4 rings (SSSR count). The normalized spacial score (nSPS) is 23.4. The van der Waals surface area contributed by atoms with Crippen LogP contribution in [-0.4, -0.2) is 67.9 Å². The first kappa shape index (κ1) is 17.4. The predicted octanol–water partition coefficient (Wildman–Crippen LogP) is 0.0710. The highest BCUT2D eigenvalue weighted by atomic mass is 32.2. The molecule has 1 N–H and O–H groups in total. The van der Waals surface area contributed by atoms with Crippen LogP contribution in [0.1, 0.15) is 22.5 Å². The van der Waals surface area contributed by atoms with Gasteiger partial charge in [0.1, 0.15) is 11.8 Å². The first-order valence-electron chi connectivity index (χ1n) is 9.14. The highest BCUT2D eigenvalue weighted by Crippen LogP contribution is 2.20. The van der Waals surface area contributed by atoms with E-state index in [0.29, 0.717) is 30.2 Å². The summed E-state index contributed by atoms with van der Waals surface area (Å²) in [5, 5.41) is 0.889. The summed E-state index contributed by atoms with van der Waals surface area (Å²) < 4.78 is 23.4. The van der Waals surface area contributed by atoms with E-state index in [1.807, 2.05) is 42.2 Å². The first-order valence-corrected chi connectivity index (χ1v) is 11.0. The predicted molar refractivity (Wildman–Crippen MR) is 100 cm³/mol. The second-order valence-electron chi connectivity index (χ2n) is 7.38. The number of quaternary nitrogens is 1. The Kier molecular flexibility index (Phi) is 4.44. The number of carbonyl (C=O) groups is 1. The third kappa shape index (κ3) is 3.33. The van der Waals surface area contributed by atoms with Crippen molar-refractivity contribution in [1.29, 1.82) is 0 Å². The summed E-state index contributed by atoms with van der Waals surface area (Å²) in [5.74, 6) is 0.654. The second kappa shape index (κ2) is 6.63. The SMILES string of the molecule is Cc1cc(C(=O)N2CC[NH+]([C@@H]3CCS(=O)(=O)C3)CC2)c2ccccc2n1. The molecule has 1 amide bonds. The number of nitrogens with one attached hydrogen (secondary N) is 1. The molecule has 138 valence electrons. The Bertz CT molecular complexity index is 950. The van der Waals surface area contributed by atoms with Gasteiger partial charge in [-0.25, -0.2) is 8.42 Å². The molecule has 0 aliphatic carbocycles. The number of para-hydroxylation sites is 1. The fraction of sp³-hybridized carbons (Fsp3) is 0.474. The summed E-state index contributed by atoms with van der Waals surface area (Å²) in [6.45, 7) is 4.87. The molecular weight excluding hydrogens is 350 g/mol. The van der Waals surface area contributed by atoms with E-state index < -0.39 is 9.84 Å². The zero-order valence-corrected chi connectivity index (χ0v) is 15.8. The number of benzene rings is 1. The quantitative estimate of drug-likeness (QED) is 0.808. The van der Waals surface area contributed by atoms with Gasteiger partial charge in [0, 0.05) is 17.5 Å². The number of pyridine rings is 1. The monoisotopic (exact) mass is 374 g/mol. The van der Waals surface area contributed by atoms with Crippen LogP contribution in [0, 0.1) is 6.92 Å². The topological polar surface area (TPSA) is 71.8 Å². The number of hydrogen-bond donors (Lipinski definition) is 1. The minimum absolute atomic E-state index is 0.0461. The molecule has 0 unspecified atom stereocenters. The molecule has 6 nitrogen and oxygen atoms in total. The lowest BCUT2D eigenvalue weighted by Crippen LogP contribution is -3.18. The molecule has 1 aromatic carbocycles. The maximum atomic E-state index is 13.1. The minimum Gasteiger partial charge on any atom is -0.329 e. The summed E-state index contributed by atoms with van der Waals surface area (Å²) in [6, 6.07) is 9.80. The summed E-state index contributed by atoms with van der Waals surface area (Å²) in [4.78, 5) is 20.8. The van der Waals surface area contributed by atoms with Crippen LogP contribution in [0.25, 0.3) is 10.9 Å². The number of amides is 1. The number of piperazine rings is 1. The Morgan fingerprint density at radius 2 is 1.96 bits per heavy atom. The Morgan fingerprint density at radius 3 is 2.65 bits per heavy atom. The number of nitrogens with zero attached hydrogens (tertiary/aromatic N) is 2. The molecule has 2 fully saturated rings. The van der Waals surface area contributed by atoms with E-state index in [-0.39, 0.29) is 11.9 Å². The molecule has 0 radical (unpaired) electrons. The molecule has 0 bridgehead atoms. The molecule has 2 saturated heterocycles. The highest BCUT2D eigenvalue weighted by molar-refractivity contribution is 7.91. The zero-order valence-electron chi connectivity index (χ0n) is 14.9. The van der Waals surface area contributed by atoms with E-state index in [1.54, 1.807) is 0 Å². The van der Waals surface area contributed by atoms with Gasteiger partial charge in [-0.3, -0.25) is 9.78 Å². The van der Waals surface area contributed by atoms with Gasteiger partial charge in [0.15, 0.2) is 9.84 Å². The van der Waals surface area contributed by atoms with Crippen LogP contribution in [0.2, 0.25) is 0 Å². The molecule has 2 aromatic rings. The summed E-state index contributed by atoms with van der Waals surface area (Å²) >= 11 is 0. The third-order valence-electron chi connectivity index (χ3n) is 5.58. The molecule has 3 heterocycles. The Morgan fingerprint density at radius 1 is 1.23 bits per heavy atom. The Hall–Kier alpha value is -1.99. The number of sulfone groups is 1. The fourth-order valence-corrected chi connectivity index (χ4v) is 6.00. The maximum absolute atomic E-state index is 13.1. The van der Waals surface area contributed by atoms with Crippen molar-refractivity contribution in [3.8, 4) is 0 Å². The van der Waals surface area contributed by atoms with E-state index in [0.717, 1.165) is 36.1 Å². The molecule has 2 aliphatic heterocycles. The molecule has 7 heteroatoms. The van der Waals surface area contributed by atoms with Crippen molar-refractivity contribution < 1.29 is 18.1 Å². The van der Waals surface area contributed by atoms with Crippen LogP contribution in [0.3, 0.4) is 0 Å². The molecule has 0 spiro atoms. The average Bonchev–Trinajstić information content (AvgIpc) is 3.00. The highest BCUT2D eigenvalue weighted by Gasteiger charge is 2.37. The van der Waals surface area contributed by atoms with Gasteiger partial charge in [-0.15, -0.1) is 0 Å². The summed E-state index contributed by atoms with van der Waals surface area (Å²) in [7, 11) is -2.86. The van der Waals surface area contributed by atoms with Crippen molar-refractivity contribution in [3.05, 3.63) is 41.6 Å². The lowest BCUT2D eigenvalue weighted by molar-refractivity contribution is -0.925. The number of fused-ring (bicyclic) bond motifs is 1. The minimum atomic E-state index is -2.86. The van der Waals surface area contributed by atoms with Crippen LogP contribution < -0.4 is 4.90 Å². The number of carbonyl (C=O) groups excluding carboxylic acids is 1. The van der Waals surface area contributed by atoms with Crippen molar-refractivity contribution in [2.75, 3.05) is 37.7 Å². The summed E-state index contributed by atoms with van der Waals surface area (Å²) in [5.41, 5.74) is 2.39. The zero-order chi connectivity index (χ0) is 18.3. The number of hydrogen-bond acceptors (Lipinski definition) is 4. The van der Waals surface area contributed by atoms with Crippen LogP contribution >= 0.6 is 0 Å². The number of rotatable bonds is 2. The van der Waals surface area contributed by atoms with Crippen LogP contribution in [0.5, 0.6) is 0 Å². The Balaban J connectivity index is 1.49. The van der Waals surface area contributed by atoms with Gasteiger partial charge in [0.05, 0.1) is 43.0 Å². The number of aryl methyl sites for hydroxylation is 1. The molecule has 0 saturated carbocycles. The van der Waals surface area contributed by atoms with Gasteiger partial charge in [0.2, 0.25) is 0 Å². The molecule has 26 heavy (non-hydrogen) atoms. The average molecular weight is 374 g/mol. The van der Waals surface area contributed by atoms with Crippen LogP contribution in [-0.2, 0) is 9.84 Å². The van der Waals surface area contributed by atoms with E-state index in [1.165, 1.54) is 4.90 Å². The van der Waals surface area contributed by atoms with Gasteiger partial charge >= 0.3 is 0 Å². The van der Waals surface area contributed by atoms with Crippen molar-refractivity contribution in [2.45, 2.75) is 19.4 Å². The lowest BCUT2D eigenvalue weighted by Gasteiger charge is -2.35. The van der Waals surface area contributed by atoms with Crippen molar-refractivity contribution >= 4 is 26.6 Å². The standard InChI is InChI=1S/C19H23N3O3S/c1-14-12-17(16-4-2-3-5-18(16)20-14)19(23)22-9-7-21(8-10-22)15-6-11-26(24,25)13-15/h2-5,12,15H,6-11,13H2,1H3/p+1/t15-/m1/s1. The van der Waals surface area contributed by atoms with E-state index >= 15 is 0 Å². The third-order valence-corrected chi connectivity index (χ3v) is 7.35. The van der Waals surface area contributed by atoms with Gasteiger partial charge in [0.25, 0.3) is 5.91 Å². The van der Waals surface area contributed by atoms with Gasteiger partial charge < -0.3 is 9.80 Å². The first-order chi connectivity index (χ1) is 12.4. The van der Waals surface area contributed by atoms with Gasteiger partial charge in [-0.1, -0.05) is 18.2 Å². The van der Waals surface area contributed by atoms with Gasteiger partial charge in [-0.2, -0.15) is 0 Å². The lowest BCUT2D eigenvalue weighted by atomic mass is 10.1. The molecule has 1 atom stereocenters. The smallest absolute Gasteiger partial charge is 0.255 e. The van der Waals surface area contributed by atoms with E-state index in [2.05, 4.69) is 4.98 Å². The maximum Gasteiger partial charge on any atom is 0.255 e. The molecule has 1 aromatic heterocycles. The number of aromatic nitrogens is 1. The summed E-state index contributed by atoms with van der Waals surface area (Å²) in [6.07, 6.45) is 0.750. The van der Waals surface area contributed by atoms with Crippen LogP contribution in [0.4, 0.5) is 0 Å². The molecule has 2 aliphatic rings. The largest absolute Gasteiger partial charge is 0.329 e. The fourth-order valence-electron chi connectivity index (χ4n) is 4.18. The van der Waals surface area contributed by atoms with Crippen molar-refractivity contribution in [1.82, 2.24) is 9.88 Å². The van der Waals surface area contributed by atoms with Crippen LogP contribution in [0.15, 0.2) is 30.3 Å². The van der Waals surface area contributed by atoms with Crippen molar-refractivity contribution in [3.63, 3.8) is 0 Å². The Labute approximate surface area is 153 Å². The van der Waals surface area contributed by atoms with Gasteiger partial charge in [-0.05, 0) is 19.1 Å². The van der Waals surface area contributed by atoms with Crippen molar-refractivity contribution in [2.24, 2.45) is 0 Å². The van der Waals surface area contributed by atoms with E-state index in [4.69, 9.17) is 0 Å². The molecular formula is C19H24N3O3S+. The second-order valence-corrected chi connectivity index (χ2v) is 9.61. The van der Waals surface area contributed by atoms with E-state index in [9.17, 15) is 13.2 Å².